The average molecular weight is 449 g/mol. The molecule has 3 N–H and O–H groups in total. The van der Waals surface area contributed by atoms with Crippen molar-refractivity contribution in [3.8, 4) is 11.4 Å². The van der Waals surface area contributed by atoms with Crippen LogP contribution in [0.5, 0.6) is 0 Å². The number of halogens is 2. The molecule has 0 aliphatic carbocycles. The molecule has 5 rings (SSSR count). The summed E-state index contributed by atoms with van der Waals surface area (Å²) in [7, 11) is 0. The molecule has 10 heteroatoms. The van der Waals surface area contributed by atoms with Gasteiger partial charge >= 0.3 is 6.03 Å². The zero-order valence-corrected chi connectivity index (χ0v) is 17.3. The molecule has 166 valence electrons. The van der Waals surface area contributed by atoms with Gasteiger partial charge in [0, 0.05) is 6.42 Å². The van der Waals surface area contributed by atoms with Crippen LogP contribution in [-0.4, -0.2) is 27.8 Å². The van der Waals surface area contributed by atoms with Crippen molar-refractivity contribution in [1.29, 1.82) is 0 Å². The maximum atomic E-state index is 14.3. The first-order valence-corrected chi connectivity index (χ1v) is 10.1. The van der Waals surface area contributed by atoms with Crippen LogP contribution in [0.4, 0.5) is 13.6 Å². The van der Waals surface area contributed by atoms with E-state index in [1.165, 1.54) is 6.07 Å². The van der Waals surface area contributed by atoms with Gasteiger partial charge in [-0.25, -0.2) is 23.5 Å². The van der Waals surface area contributed by atoms with E-state index in [2.05, 4.69) is 25.9 Å². The van der Waals surface area contributed by atoms with Gasteiger partial charge in [-0.1, -0.05) is 30.3 Å². The quantitative estimate of drug-likeness (QED) is 0.529. The summed E-state index contributed by atoms with van der Waals surface area (Å²) < 4.78 is 28.7. The lowest BCUT2D eigenvalue weighted by Crippen LogP contribution is -2.40. The van der Waals surface area contributed by atoms with Crippen LogP contribution < -0.4 is 16.0 Å². The van der Waals surface area contributed by atoms with E-state index in [1.54, 1.807) is 31.2 Å². The van der Waals surface area contributed by atoms with E-state index >= 15 is 0 Å². The molecule has 8 nitrogen and oxygen atoms in total. The van der Waals surface area contributed by atoms with Crippen LogP contribution in [0, 0.1) is 11.6 Å². The second kappa shape index (κ2) is 7.44. The molecule has 2 aliphatic heterocycles. The number of imide groups is 1. The van der Waals surface area contributed by atoms with Crippen molar-refractivity contribution in [2.45, 2.75) is 25.4 Å². The fraction of sp³-hybridized carbons (Fsp3) is 0.174. The summed E-state index contributed by atoms with van der Waals surface area (Å²) in [6.45, 7) is 1.73. The van der Waals surface area contributed by atoms with Gasteiger partial charge in [0.1, 0.15) is 17.2 Å². The Hall–Kier alpha value is -4.21. The van der Waals surface area contributed by atoms with Gasteiger partial charge in [-0.3, -0.25) is 14.9 Å². The third-order valence-corrected chi connectivity index (χ3v) is 5.84. The first-order valence-electron chi connectivity index (χ1n) is 10.1. The largest absolute Gasteiger partial charge is 0.346 e. The molecular weight excluding hydrogens is 432 g/mol. The second-order valence-electron chi connectivity index (χ2n) is 8.00. The Labute approximate surface area is 186 Å². The summed E-state index contributed by atoms with van der Waals surface area (Å²) in [6, 6.07) is 9.79. The van der Waals surface area contributed by atoms with Gasteiger partial charge in [0.15, 0.2) is 5.82 Å². The van der Waals surface area contributed by atoms with E-state index < -0.39 is 29.1 Å². The molecule has 33 heavy (non-hydrogen) atoms. The highest BCUT2D eigenvalue weighted by Crippen LogP contribution is 2.29. The third-order valence-electron chi connectivity index (χ3n) is 5.84. The molecule has 2 aromatic carbocycles. The molecule has 2 aliphatic rings. The maximum absolute atomic E-state index is 14.3. The van der Waals surface area contributed by atoms with E-state index in [1.807, 2.05) is 0 Å². The normalized spacial score (nSPS) is 19.2. The van der Waals surface area contributed by atoms with Gasteiger partial charge in [-0.05, 0) is 30.2 Å². The van der Waals surface area contributed by atoms with E-state index in [9.17, 15) is 23.2 Å². The minimum Gasteiger partial charge on any atom is -0.346 e. The van der Waals surface area contributed by atoms with E-state index in [0.717, 1.165) is 17.7 Å². The molecule has 1 aromatic heterocycles. The smallest absolute Gasteiger partial charge is 0.322 e. The molecule has 0 bridgehead atoms. The number of hydrogen-bond acceptors (Lipinski definition) is 5. The number of benzene rings is 2. The zero-order valence-electron chi connectivity index (χ0n) is 17.3. The lowest BCUT2D eigenvalue weighted by Gasteiger charge is -2.21. The van der Waals surface area contributed by atoms with Gasteiger partial charge in [-0.2, -0.15) is 0 Å². The maximum Gasteiger partial charge on any atom is 0.322 e. The molecule has 1 atom stereocenters. The summed E-state index contributed by atoms with van der Waals surface area (Å²) in [5.41, 5.74) is 0.764. The number of amides is 4. The summed E-state index contributed by atoms with van der Waals surface area (Å²) in [4.78, 5) is 44.6. The zero-order chi connectivity index (χ0) is 23.3. The van der Waals surface area contributed by atoms with Gasteiger partial charge in [0.2, 0.25) is 0 Å². The van der Waals surface area contributed by atoms with Gasteiger partial charge < -0.3 is 10.6 Å². The number of carbonyl (C=O) groups is 3. The van der Waals surface area contributed by atoms with Crippen LogP contribution in [-0.2, 0) is 23.3 Å². The van der Waals surface area contributed by atoms with Crippen LogP contribution in [0.25, 0.3) is 11.4 Å². The summed E-state index contributed by atoms with van der Waals surface area (Å²) in [6.07, 6.45) is 0.191. The monoisotopic (exact) mass is 449 g/mol. The Kier molecular flexibility index (Phi) is 4.66. The first kappa shape index (κ1) is 20.7. The molecule has 1 saturated heterocycles. The Morgan fingerprint density at radius 1 is 0.970 bits per heavy atom. The van der Waals surface area contributed by atoms with Crippen LogP contribution >= 0.6 is 0 Å². The highest BCUT2D eigenvalue weighted by atomic mass is 19.1. The predicted molar refractivity (Wildman–Crippen MR) is 112 cm³/mol. The van der Waals surface area contributed by atoms with Crippen molar-refractivity contribution in [1.82, 2.24) is 25.9 Å². The van der Waals surface area contributed by atoms with Crippen molar-refractivity contribution in [2.24, 2.45) is 0 Å². The van der Waals surface area contributed by atoms with Crippen molar-refractivity contribution in [3.63, 3.8) is 0 Å². The minimum atomic E-state index is -1.19. The number of rotatable bonds is 4. The standard InChI is InChI=1S/C23H17F2N5O3/c1-23(21(32)29-22(33)30-23)12-7-5-11(6-8-12)9-15-18-16(10-26-20(18)31)28-19(27-15)17-13(24)3-2-4-14(17)25/h2-8H,9-10H2,1H3,(H,26,31)(H2,29,30,32,33)/t23-/m0/s1. The Bertz CT molecular complexity index is 1320. The highest BCUT2D eigenvalue weighted by molar-refractivity contribution is 6.07. The molecule has 1 fully saturated rings. The second-order valence-corrected chi connectivity index (χ2v) is 8.00. The van der Waals surface area contributed by atoms with Gasteiger partial charge in [0.05, 0.1) is 29.1 Å². The van der Waals surface area contributed by atoms with Crippen LogP contribution in [0.1, 0.15) is 39.8 Å². The molecule has 4 amide bonds. The highest BCUT2D eigenvalue weighted by Gasteiger charge is 2.43. The lowest BCUT2D eigenvalue weighted by atomic mass is 9.91. The minimum absolute atomic E-state index is 0.134. The number of nitrogens with zero attached hydrogens (tertiary/aromatic N) is 2. The van der Waals surface area contributed by atoms with Crippen LogP contribution in [0.15, 0.2) is 42.5 Å². The lowest BCUT2D eigenvalue weighted by molar-refractivity contribution is -0.123. The van der Waals surface area contributed by atoms with E-state index in [0.29, 0.717) is 17.0 Å². The molecule has 0 unspecified atom stereocenters. The molecule has 0 radical (unpaired) electrons. The Morgan fingerprint density at radius 3 is 2.30 bits per heavy atom. The van der Waals surface area contributed by atoms with Crippen molar-refractivity contribution >= 4 is 17.8 Å². The summed E-state index contributed by atoms with van der Waals surface area (Å²) in [5.74, 6) is -2.54. The van der Waals surface area contributed by atoms with Crippen molar-refractivity contribution in [2.75, 3.05) is 0 Å². The van der Waals surface area contributed by atoms with Gasteiger partial charge in [0.25, 0.3) is 11.8 Å². The fourth-order valence-electron chi connectivity index (χ4n) is 4.05. The topological polar surface area (TPSA) is 113 Å². The number of fused-ring (bicyclic) bond motifs is 1. The van der Waals surface area contributed by atoms with E-state index in [-0.39, 0.29) is 35.8 Å². The molecule has 3 aromatic rings. The number of nitrogens with one attached hydrogen (secondary N) is 3. The average Bonchev–Trinajstić information content (AvgIpc) is 3.27. The Balaban J connectivity index is 1.52. The number of aromatic nitrogens is 2. The van der Waals surface area contributed by atoms with Crippen molar-refractivity contribution in [3.05, 3.63) is 82.2 Å². The number of hydrogen-bond donors (Lipinski definition) is 3. The summed E-state index contributed by atoms with van der Waals surface area (Å²) in [5, 5.41) is 7.48. The molecule has 0 spiro atoms. The van der Waals surface area contributed by atoms with Crippen molar-refractivity contribution < 1.29 is 23.2 Å². The van der Waals surface area contributed by atoms with Crippen LogP contribution in [0.2, 0.25) is 0 Å². The molecular formula is C23H17F2N5O3. The SMILES string of the molecule is C[C@@]1(c2ccc(Cc3nc(-c4c(F)cccc4F)nc4c3C(=O)NC4)cc2)NC(=O)NC1=O. The predicted octanol–water partition coefficient (Wildman–Crippen LogP) is 2.31. The van der Waals surface area contributed by atoms with E-state index in [4.69, 9.17) is 0 Å². The number of urea groups is 1. The van der Waals surface area contributed by atoms with Gasteiger partial charge in [-0.15, -0.1) is 0 Å². The van der Waals surface area contributed by atoms with Crippen LogP contribution in [0.3, 0.4) is 0 Å². The Morgan fingerprint density at radius 2 is 1.67 bits per heavy atom. The molecule has 0 saturated carbocycles. The third kappa shape index (κ3) is 3.39. The summed E-state index contributed by atoms with van der Waals surface area (Å²) >= 11 is 0. The number of carbonyl (C=O) groups excluding carboxylic acids is 3. The first-order chi connectivity index (χ1) is 15.8. The molecule has 3 heterocycles. The fourth-order valence-corrected chi connectivity index (χ4v) is 4.05.